The van der Waals surface area contributed by atoms with Crippen molar-refractivity contribution < 1.29 is 0 Å². The number of hydrogen-bond donors (Lipinski definition) is 1. The molecule has 0 aromatic rings. The molecule has 1 saturated carbocycles. The van der Waals surface area contributed by atoms with Crippen molar-refractivity contribution in [3.63, 3.8) is 0 Å². The van der Waals surface area contributed by atoms with E-state index in [1.807, 2.05) is 13.1 Å². The Morgan fingerprint density at radius 1 is 1.33 bits per heavy atom. The van der Waals surface area contributed by atoms with E-state index < -0.39 is 0 Å². The first kappa shape index (κ1) is 9.30. The van der Waals surface area contributed by atoms with Gasteiger partial charge in [0.25, 0.3) is 0 Å². The third kappa shape index (κ3) is 3.07. The minimum atomic E-state index is 0.564. The predicted octanol–water partition coefficient (Wildman–Crippen LogP) is 2.25. The molecule has 0 saturated heterocycles. The fourth-order valence-corrected chi connectivity index (χ4v) is 1.50. The quantitative estimate of drug-likeness (QED) is 0.628. The van der Waals surface area contributed by atoms with Crippen LogP contribution in [-0.4, -0.2) is 12.3 Å². The first-order valence-corrected chi connectivity index (χ1v) is 4.74. The molecule has 68 valence electrons. The molecule has 0 unspecified atom stereocenters. The maximum atomic E-state index is 5.33. The molecule has 1 aliphatic carbocycles. The lowest BCUT2D eigenvalue weighted by Crippen LogP contribution is -2.09. The standard InChI is InChI=1S/C10H18N2/c1-9(7-11)8-12-10-5-3-2-4-6-10/h7-8,10H,2-6,11H2,1H3/b9-7-,12-8?. The highest BCUT2D eigenvalue weighted by Gasteiger charge is 2.10. The van der Waals surface area contributed by atoms with Gasteiger partial charge in [-0.3, -0.25) is 4.99 Å². The highest BCUT2D eigenvalue weighted by molar-refractivity contribution is 5.77. The van der Waals surface area contributed by atoms with Crippen LogP contribution in [-0.2, 0) is 0 Å². The van der Waals surface area contributed by atoms with Crippen molar-refractivity contribution >= 4 is 6.21 Å². The zero-order chi connectivity index (χ0) is 8.81. The van der Waals surface area contributed by atoms with Gasteiger partial charge in [0.05, 0.1) is 0 Å². The summed E-state index contributed by atoms with van der Waals surface area (Å²) in [6.45, 7) is 1.98. The third-order valence-corrected chi connectivity index (χ3v) is 2.33. The van der Waals surface area contributed by atoms with Gasteiger partial charge in [0.15, 0.2) is 0 Å². The van der Waals surface area contributed by atoms with Crippen LogP contribution in [0.5, 0.6) is 0 Å². The fraction of sp³-hybridized carbons (Fsp3) is 0.700. The molecular weight excluding hydrogens is 148 g/mol. The summed E-state index contributed by atoms with van der Waals surface area (Å²) < 4.78 is 0. The second-order valence-electron chi connectivity index (χ2n) is 3.48. The van der Waals surface area contributed by atoms with E-state index in [4.69, 9.17) is 5.73 Å². The minimum absolute atomic E-state index is 0.564. The highest BCUT2D eigenvalue weighted by Crippen LogP contribution is 2.19. The van der Waals surface area contributed by atoms with Crippen LogP contribution in [0.15, 0.2) is 16.8 Å². The average Bonchev–Trinajstić information content (AvgIpc) is 2.16. The Labute approximate surface area is 74.6 Å². The Kier molecular flexibility index (Phi) is 3.85. The Hall–Kier alpha value is -0.790. The van der Waals surface area contributed by atoms with Crippen LogP contribution in [0.3, 0.4) is 0 Å². The number of hydrogen-bond acceptors (Lipinski definition) is 2. The number of rotatable bonds is 2. The molecular formula is C10H18N2. The Balaban J connectivity index is 2.33. The molecule has 0 heterocycles. The maximum absolute atomic E-state index is 5.33. The van der Waals surface area contributed by atoms with E-state index in [9.17, 15) is 0 Å². The first-order chi connectivity index (χ1) is 5.83. The second-order valence-corrected chi connectivity index (χ2v) is 3.48. The molecule has 2 N–H and O–H groups in total. The SMILES string of the molecule is C/C(C=NC1CCCCC1)=C/N. The monoisotopic (exact) mass is 166 g/mol. The van der Waals surface area contributed by atoms with Gasteiger partial charge in [0.2, 0.25) is 0 Å². The number of nitrogens with two attached hydrogens (primary N) is 1. The normalized spacial score (nSPS) is 21.9. The lowest BCUT2D eigenvalue weighted by molar-refractivity contribution is 0.444. The number of aliphatic imine (C=N–C) groups is 1. The highest BCUT2D eigenvalue weighted by atomic mass is 14.8. The van der Waals surface area contributed by atoms with Crippen LogP contribution in [0, 0.1) is 0 Å². The summed E-state index contributed by atoms with van der Waals surface area (Å²) in [7, 11) is 0. The summed E-state index contributed by atoms with van der Waals surface area (Å²) in [5, 5.41) is 0. The van der Waals surface area contributed by atoms with Crippen LogP contribution < -0.4 is 5.73 Å². The average molecular weight is 166 g/mol. The van der Waals surface area contributed by atoms with Gasteiger partial charge in [-0.2, -0.15) is 0 Å². The molecule has 0 bridgehead atoms. The zero-order valence-corrected chi connectivity index (χ0v) is 7.79. The molecule has 2 heteroatoms. The molecule has 0 aromatic heterocycles. The van der Waals surface area contributed by atoms with Crippen LogP contribution in [0.25, 0.3) is 0 Å². The number of nitrogens with zero attached hydrogens (tertiary/aromatic N) is 1. The fourth-order valence-electron chi connectivity index (χ4n) is 1.50. The number of allylic oxidation sites excluding steroid dienone is 1. The van der Waals surface area contributed by atoms with Crippen molar-refractivity contribution in [2.24, 2.45) is 10.7 Å². The van der Waals surface area contributed by atoms with Crippen LogP contribution in [0.2, 0.25) is 0 Å². The van der Waals surface area contributed by atoms with E-state index >= 15 is 0 Å². The molecule has 1 aliphatic rings. The van der Waals surface area contributed by atoms with Crippen molar-refractivity contribution in [2.75, 3.05) is 0 Å². The predicted molar refractivity (Wildman–Crippen MR) is 53.3 cm³/mol. The van der Waals surface area contributed by atoms with Gasteiger partial charge in [-0.1, -0.05) is 19.3 Å². The van der Waals surface area contributed by atoms with Gasteiger partial charge in [0.1, 0.15) is 0 Å². The van der Waals surface area contributed by atoms with Crippen molar-refractivity contribution in [1.82, 2.24) is 0 Å². The molecule has 0 amide bonds. The van der Waals surface area contributed by atoms with E-state index in [0.29, 0.717) is 6.04 Å². The molecule has 0 atom stereocenters. The van der Waals surface area contributed by atoms with Crippen LogP contribution in [0.4, 0.5) is 0 Å². The summed E-state index contributed by atoms with van der Waals surface area (Å²) in [6.07, 6.45) is 10.1. The van der Waals surface area contributed by atoms with Crippen molar-refractivity contribution in [3.05, 3.63) is 11.8 Å². The Morgan fingerprint density at radius 2 is 2.00 bits per heavy atom. The van der Waals surface area contributed by atoms with Gasteiger partial charge in [0, 0.05) is 12.3 Å². The minimum Gasteiger partial charge on any atom is -0.404 e. The van der Waals surface area contributed by atoms with Gasteiger partial charge in [-0.15, -0.1) is 0 Å². The molecule has 0 aliphatic heterocycles. The van der Waals surface area contributed by atoms with Gasteiger partial charge in [-0.25, -0.2) is 0 Å². The van der Waals surface area contributed by atoms with Gasteiger partial charge < -0.3 is 5.73 Å². The maximum Gasteiger partial charge on any atom is 0.0499 e. The largest absolute Gasteiger partial charge is 0.404 e. The van der Waals surface area contributed by atoms with Gasteiger partial charge >= 0.3 is 0 Å². The zero-order valence-electron chi connectivity index (χ0n) is 7.79. The van der Waals surface area contributed by atoms with E-state index in [2.05, 4.69) is 4.99 Å². The van der Waals surface area contributed by atoms with Crippen molar-refractivity contribution in [1.29, 1.82) is 0 Å². The summed E-state index contributed by atoms with van der Waals surface area (Å²) in [5.74, 6) is 0. The molecule has 0 radical (unpaired) electrons. The molecule has 0 spiro atoms. The Bertz CT molecular complexity index is 176. The summed E-state index contributed by atoms with van der Waals surface area (Å²) >= 11 is 0. The molecule has 0 aromatic carbocycles. The summed E-state index contributed by atoms with van der Waals surface area (Å²) in [6, 6.07) is 0.564. The van der Waals surface area contributed by atoms with Crippen LogP contribution >= 0.6 is 0 Å². The molecule has 2 nitrogen and oxygen atoms in total. The lowest BCUT2D eigenvalue weighted by atomic mass is 9.96. The third-order valence-electron chi connectivity index (χ3n) is 2.33. The van der Waals surface area contributed by atoms with Crippen molar-refractivity contribution in [3.8, 4) is 0 Å². The second kappa shape index (κ2) is 4.96. The van der Waals surface area contributed by atoms with E-state index in [-0.39, 0.29) is 0 Å². The van der Waals surface area contributed by atoms with Crippen LogP contribution in [0.1, 0.15) is 39.0 Å². The van der Waals surface area contributed by atoms with Gasteiger partial charge in [-0.05, 0) is 31.5 Å². The first-order valence-electron chi connectivity index (χ1n) is 4.74. The molecule has 1 fully saturated rings. The van der Waals surface area contributed by atoms with Crippen molar-refractivity contribution in [2.45, 2.75) is 45.1 Å². The summed E-state index contributed by atoms with van der Waals surface area (Å²) in [5.41, 5.74) is 6.39. The summed E-state index contributed by atoms with van der Waals surface area (Å²) in [4.78, 5) is 4.48. The molecule has 12 heavy (non-hydrogen) atoms. The van der Waals surface area contributed by atoms with E-state index in [1.165, 1.54) is 32.1 Å². The molecule has 1 rings (SSSR count). The van der Waals surface area contributed by atoms with E-state index in [0.717, 1.165) is 5.57 Å². The Morgan fingerprint density at radius 3 is 2.58 bits per heavy atom. The topological polar surface area (TPSA) is 38.4 Å². The van der Waals surface area contributed by atoms with E-state index in [1.54, 1.807) is 6.20 Å². The lowest BCUT2D eigenvalue weighted by Gasteiger charge is -2.16. The smallest absolute Gasteiger partial charge is 0.0499 e.